The molecule has 56 valence electrons. The lowest BCUT2D eigenvalue weighted by molar-refractivity contribution is 0.408. The average Bonchev–Trinajstić information content (AvgIpc) is 2.36. The van der Waals surface area contributed by atoms with Crippen LogP contribution in [0.2, 0.25) is 0 Å². The molecule has 0 fully saturated rings. The molecule has 1 rings (SSSR count). The summed E-state index contributed by atoms with van der Waals surface area (Å²) >= 11 is 0. The van der Waals surface area contributed by atoms with E-state index in [9.17, 15) is 0 Å². The zero-order valence-electron chi connectivity index (χ0n) is 6.78. The number of hydrogen-bond donors (Lipinski definition) is 0. The monoisotopic (exact) mass is 138 g/mol. The van der Waals surface area contributed by atoms with E-state index >= 15 is 0 Å². The van der Waals surface area contributed by atoms with E-state index in [0.29, 0.717) is 12.0 Å². The van der Waals surface area contributed by atoms with Crippen LogP contribution in [-0.2, 0) is 0 Å². The molecule has 0 aromatic carbocycles. The Labute approximate surface area is 61.9 Å². The summed E-state index contributed by atoms with van der Waals surface area (Å²) in [5.41, 5.74) is 0. The Morgan fingerprint density at radius 1 is 1.30 bits per heavy atom. The van der Waals surface area contributed by atoms with Crippen molar-refractivity contribution in [1.82, 2.24) is 9.55 Å². The zero-order chi connectivity index (χ0) is 7.56. The molecule has 1 heterocycles. The predicted molar refractivity (Wildman–Crippen MR) is 41.8 cm³/mol. The highest BCUT2D eigenvalue weighted by Gasteiger charge is 2.06. The molecular weight excluding hydrogens is 124 g/mol. The van der Waals surface area contributed by atoms with Gasteiger partial charge in [0.25, 0.3) is 0 Å². The van der Waals surface area contributed by atoms with Crippen molar-refractivity contribution in [3.63, 3.8) is 0 Å². The van der Waals surface area contributed by atoms with Crippen molar-refractivity contribution in [1.29, 1.82) is 0 Å². The lowest BCUT2D eigenvalue weighted by Crippen LogP contribution is -2.08. The van der Waals surface area contributed by atoms with Crippen molar-refractivity contribution in [2.75, 3.05) is 0 Å². The molecule has 0 radical (unpaired) electrons. The van der Waals surface area contributed by atoms with Gasteiger partial charge in [-0.1, -0.05) is 13.8 Å². The molecule has 0 amide bonds. The van der Waals surface area contributed by atoms with Gasteiger partial charge in [0.1, 0.15) is 0 Å². The third-order valence-electron chi connectivity index (χ3n) is 1.96. The van der Waals surface area contributed by atoms with Gasteiger partial charge in [-0.05, 0) is 12.8 Å². The minimum absolute atomic E-state index is 0.558. The molecule has 0 saturated heterocycles. The Balaban J connectivity index is 2.68. The normalized spacial score (nSPS) is 14.0. The lowest BCUT2D eigenvalue weighted by atomic mass is 10.1. The first-order chi connectivity index (χ1) is 4.72. The Bertz CT molecular complexity index is 177. The summed E-state index contributed by atoms with van der Waals surface area (Å²) in [6.07, 6.45) is 5.69. The molecule has 0 spiro atoms. The first-order valence-electron chi connectivity index (χ1n) is 3.69. The lowest BCUT2D eigenvalue weighted by Gasteiger charge is -2.16. The van der Waals surface area contributed by atoms with Crippen LogP contribution in [0.25, 0.3) is 0 Å². The minimum atomic E-state index is 0.558. The molecule has 1 aromatic rings. The van der Waals surface area contributed by atoms with E-state index in [2.05, 4.69) is 30.3 Å². The molecule has 0 saturated carbocycles. The van der Waals surface area contributed by atoms with Crippen LogP contribution < -0.4 is 0 Å². The fourth-order valence-corrected chi connectivity index (χ4v) is 0.855. The maximum Gasteiger partial charge on any atom is 0.0948 e. The van der Waals surface area contributed by atoms with Gasteiger partial charge in [0.2, 0.25) is 0 Å². The quantitative estimate of drug-likeness (QED) is 0.612. The highest BCUT2D eigenvalue weighted by atomic mass is 15.0. The van der Waals surface area contributed by atoms with Crippen molar-refractivity contribution in [2.24, 2.45) is 5.92 Å². The second-order valence-electron chi connectivity index (χ2n) is 2.99. The van der Waals surface area contributed by atoms with Crippen LogP contribution in [0.1, 0.15) is 26.8 Å². The molecule has 0 bridgehead atoms. The zero-order valence-corrected chi connectivity index (χ0v) is 6.78. The summed E-state index contributed by atoms with van der Waals surface area (Å²) < 4.78 is 2.13. The van der Waals surface area contributed by atoms with Crippen molar-refractivity contribution in [3.05, 3.63) is 18.7 Å². The number of rotatable bonds is 2. The Morgan fingerprint density at radius 2 is 2.00 bits per heavy atom. The Morgan fingerprint density at radius 3 is 2.40 bits per heavy atom. The van der Waals surface area contributed by atoms with Crippen LogP contribution in [0.4, 0.5) is 0 Å². The molecule has 1 aromatic heterocycles. The van der Waals surface area contributed by atoms with Gasteiger partial charge < -0.3 is 4.57 Å². The van der Waals surface area contributed by atoms with Crippen LogP contribution in [0, 0.1) is 5.92 Å². The fourth-order valence-electron chi connectivity index (χ4n) is 0.855. The summed E-state index contributed by atoms with van der Waals surface area (Å²) in [6, 6.07) is 0.558. The van der Waals surface area contributed by atoms with E-state index in [1.54, 1.807) is 0 Å². The summed E-state index contributed by atoms with van der Waals surface area (Å²) in [7, 11) is 0. The van der Waals surface area contributed by atoms with Crippen LogP contribution in [-0.4, -0.2) is 9.55 Å². The van der Waals surface area contributed by atoms with E-state index in [-0.39, 0.29) is 0 Å². The second-order valence-corrected chi connectivity index (χ2v) is 2.99. The number of nitrogens with zero attached hydrogens (tertiary/aromatic N) is 2. The third kappa shape index (κ3) is 1.38. The molecule has 10 heavy (non-hydrogen) atoms. The maximum atomic E-state index is 3.99. The van der Waals surface area contributed by atoms with Gasteiger partial charge in [-0.15, -0.1) is 0 Å². The first-order valence-corrected chi connectivity index (χ1v) is 3.69. The number of hydrogen-bond acceptors (Lipinski definition) is 1. The molecule has 2 heteroatoms. The van der Waals surface area contributed by atoms with E-state index in [1.165, 1.54) is 0 Å². The largest absolute Gasteiger partial charge is 0.334 e. The summed E-state index contributed by atoms with van der Waals surface area (Å²) in [5.74, 6) is 0.675. The van der Waals surface area contributed by atoms with Crippen molar-refractivity contribution in [2.45, 2.75) is 26.8 Å². The van der Waals surface area contributed by atoms with E-state index in [4.69, 9.17) is 0 Å². The van der Waals surface area contributed by atoms with Gasteiger partial charge in [-0.2, -0.15) is 0 Å². The number of imidazole rings is 1. The van der Waals surface area contributed by atoms with E-state index in [0.717, 1.165) is 0 Å². The van der Waals surface area contributed by atoms with Crippen LogP contribution in [0.15, 0.2) is 18.7 Å². The van der Waals surface area contributed by atoms with Crippen LogP contribution in [0.5, 0.6) is 0 Å². The Kier molecular flexibility index (Phi) is 2.10. The number of aromatic nitrogens is 2. The van der Waals surface area contributed by atoms with Gasteiger partial charge in [-0.3, -0.25) is 0 Å². The molecule has 2 nitrogen and oxygen atoms in total. The molecular formula is C8H14N2. The third-order valence-corrected chi connectivity index (χ3v) is 1.96. The average molecular weight is 138 g/mol. The minimum Gasteiger partial charge on any atom is -0.334 e. The highest BCUT2D eigenvalue weighted by molar-refractivity contribution is 4.79. The van der Waals surface area contributed by atoms with Crippen LogP contribution >= 0.6 is 0 Å². The fraction of sp³-hybridized carbons (Fsp3) is 0.625. The second kappa shape index (κ2) is 2.86. The predicted octanol–water partition coefficient (Wildman–Crippen LogP) is 2.10. The molecule has 0 N–H and O–H groups in total. The van der Waals surface area contributed by atoms with Crippen molar-refractivity contribution < 1.29 is 0 Å². The Hall–Kier alpha value is -0.790. The van der Waals surface area contributed by atoms with Gasteiger partial charge in [0, 0.05) is 18.4 Å². The summed E-state index contributed by atoms with van der Waals surface area (Å²) in [5, 5.41) is 0. The first kappa shape index (κ1) is 7.32. The molecule has 0 aliphatic heterocycles. The summed E-state index contributed by atoms with van der Waals surface area (Å²) in [4.78, 5) is 3.99. The van der Waals surface area contributed by atoms with E-state index in [1.807, 2.05) is 18.7 Å². The van der Waals surface area contributed by atoms with E-state index < -0.39 is 0 Å². The van der Waals surface area contributed by atoms with Crippen molar-refractivity contribution in [3.8, 4) is 0 Å². The summed E-state index contributed by atoms with van der Waals surface area (Å²) in [6.45, 7) is 6.63. The van der Waals surface area contributed by atoms with Gasteiger partial charge in [0.15, 0.2) is 0 Å². The van der Waals surface area contributed by atoms with Gasteiger partial charge in [-0.25, -0.2) is 4.98 Å². The van der Waals surface area contributed by atoms with Gasteiger partial charge in [0.05, 0.1) is 6.33 Å². The van der Waals surface area contributed by atoms with Crippen LogP contribution in [0.3, 0.4) is 0 Å². The molecule has 0 aliphatic carbocycles. The maximum absolute atomic E-state index is 3.99. The molecule has 0 unspecified atom stereocenters. The highest BCUT2D eigenvalue weighted by Crippen LogP contribution is 2.14. The molecule has 0 aliphatic rings. The molecule has 1 atom stereocenters. The smallest absolute Gasteiger partial charge is 0.0948 e. The SMILES string of the molecule is CC(C)[C@H](C)n1ccnc1. The standard InChI is InChI=1S/C8H14N2/c1-7(2)8(3)10-5-4-9-6-10/h4-8H,1-3H3/t8-/m0/s1. The van der Waals surface area contributed by atoms with Gasteiger partial charge >= 0.3 is 0 Å². The topological polar surface area (TPSA) is 17.8 Å². The van der Waals surface area contributed by atoms with Crippen molar-refractivity contribution >= 4 is 0 Å².